The van der Waals surface area contributed by atoms with E-state index in [0.29, 0.717) is 11.3 Å². The number of nitrogens with one attached hydrogen (secondary N) is 1. The lowest BCUT2D eigenvalue weighted by Gasteiger charge is -2.22. The highest BCUT2D eigenvalue weighted by molar-refractivity contribution is 7.99. The minimum atomic E-state index is -3.46. The van der Waals surface area contributed by atoms with Gasteiger partial charge in [0.25, 0.3) is 0 Å². The van der Waals surface area contributed by atoms with Crippen LogP contribution in [-0.2, 0) is 10.0 Å². The summed E-state index contributed by atoms with van der Waals surface area (Å²) >= 11 is 1.79. The highest BCUT2D eigenvalue weighted by Crippen LogP contribution is 2.23. The lowest BCUT2D eigenvalue weighted by molar-refractivity contribution is 0.542. The zero-order valence-corrected chi connectivity index (χ0v) is 12.0. The standard InChI is InChI=1S/C12H18N2O2S2/c1-9-11(13)5-2-6-12(9)18(15,16)14-10-4-3-7-17-8-10/h2,5-6,10,14H,3-4,7-8,13H2,1H3. The van der Waals surface area contributed by atoms with Gasteiger partial charge in [-0.1, -0.05) is 6.07 Å². The average Bonchev–Trinajstić information content (AvgIpc) is 2.33. The highest BCUT2D eigenvalue weighted by Gasteiger charge is 2.23. The van der Waals surface area contributed by atoms with Gasteiger partial charge in [-0.25, -0.2) is 13.1 Å². The molecule has 0 saturated carbocycles. The van der Waals surface area contributed by atoms with Gasteiger partial charge in [-0.3, -0.25) is 0 Å². The second-order valence-corrected chi connectivity index (χ2v) is 7.34. The third kappa shape index (κ3) is 2.99. The summed E-state index contributed by atoms with van der Waals surface area (Å²) in [7, 11) is -3.46. The van der Waals surface area contributed by atoms with Crippen LogP contribution in [0.2, 0.25) is 0 Å². The van der Waals surface area contributed by atoms with E-state index in [1.54, 1.807) is 36.9 Å². The number of hydrogen-bond acceptors (Lipinski definition) is 4. The van der Waals surface area contributed by atoms with Crippen LogP contribution in [0, 0.1) is 6.92 Å². The Labute approximate surface area is 112 Å². The molecular formula is C12H18N2O2S2. The van der Waals surface area contributed by atoms with Crippen molar-refractivity contribution in [3.8, 4) is 0 Å². The van der Waals surface area contributed by atoms with E-state index in [1.807, 2.05) is 0 Å². The third-order valence-electron chi connectivity index (χ3n) is 3.10. The van der Waals surface area contributed by atoms with E-state index in [9.17, 15) is 8.42 Å². The molecular weight excluding hydrogens is 268 g/mol. The molecule has 0 spiro atoms. The van der Waals surface area contributed by atoms with Gasteiger partial charge in [0.1, 0.15) is 0 Å². The third-order valence-corrected chi connectivity index (χ3v) is 5.98. The second-order valence-electron chi connectivity index (χ2n) is 4.51. The summed E-state index contributed by atoms with van der Waals surface area (Å²) in [6.07, 6.45) is 1.97. The van der Waals surface area contributed by atoms with Crippen molar-refractivity contribution in [1.82, 2.24) is 4.72 Å². The van der Waals surface area contributed by atoms with Crippen LogP contribution < -0.4 is 10.5 Å². The summed E-state index contributed by atoms with van der Waals surface area (Å²) in [4.78, 5) is 0.290. The fraction of sp³-hybridized carbons (Fsp3) is 0.500. The summed E-state index contributed by atoms with van der Waals surface area (Å²) in [6.45, 7) is 1.74. The average molecular weight is 286 g/mol. The minimum Gasteiger partial charge on any atom is -0.398 e. The molecule has 4 nitrogen and oxygen atoms in total. The number of anilines is 1. The molecule has 1 unspecified atom stereocenters. The largest absolute Gasteiger partial charge is 0.398 e. The lowest BCUT2D eigenvalue weighted by Crippen LogP contribution is -2.38. The zero-order chi connectivity index (χ0) is 13.2. The Morgan fingerprint density at radius 3 is 2.89 bits per heavy atom. The van der Waals surface area contributed by atoms with Crippen LogP contribution in [0.3, 0.4) is 0 Å². The zero-order valence-electron chi connectivity index (χ0n) is 10.3. The predicted molar refractivity (Wildman–Crippen MR) is 76.3 cm³/mol. The fourth-order valence-electron chi connectivity index (χ4n) is 2.04. The van der Waals surface area contributed by atoms with Gasteiger partial charge in [0.05, 0.1) is 4.90 Å². The first-order valence-corrected chi connectivity index (χ1v) is 8.59. The molecule has 0 bridgehead atoms. The van der Waals surface area contributed by atoms with Gasteiger partial charge in [0.2, 0.25) is 10.0 Å². The van der Waals surface area contributed by atoms with Crippen LogP contribution in [0.5, 0.6) is 0 Å². The Bertz CT molecular complexity index is 523. The van der Waals surface area contributed by atoms with Crippen LogP contribution in [0.4, 0.5) is 5.69 Å². The van der Waals surface area contributed by atoms with Crippen molar-refractivity contribution >= 4 is 27.5 Å². The molecule has 0 aromatic heterocycles. The van der Waals surface area contributed by atoms with Crippen molar-refractivity contribution in [2.24, 2.45) is 0 Å². The molecule has 1 saturated heterocycles. The maximum absolute atomic E-state index is 12.3. The van der Waals surface area contributed by atoms with Crippen LogP contribution in [0.1, 0.15) is 18.4 Å². The Kier molecular flexibility index (Phi) is 4.19. The van der Waals surface area contributed by atoms with Gasteiger partial charge in [-0.2, -0.15) is 11.8 Å². The van der Waals surface area contributed by atoms with Gasteiger partial charge < -0.3 is 5.73 Å². The second kappa shape index (κ2) is 5.50. The van der Waals surface area contributed by atoms with E-state index in [-0.39, 0.29) is 10.9 Å². The van der Waals surface area contributed by atoms with Crippen molar-refractivity contribution in [2.45, 2.75) is 30.7 Å². The molecule has 18 heavy (non-hydrogen) atoms. The van der Waals surface area contributed by atoms with Gasteiger partial charge in [-0.05, 0) is 43.2 Å². The lowest BCUT2D eigenvalue weighted by atomic mass is 10.2. The Balaban J connectivity index is 2.22. The number of nitrogen functional groups attached to an aromatic ring is 1. The molecule has 0 aliphatic carbocycles. The first-order chi connectivity index (χ1) is 8.50. The molecule has 1 aromatic carbocycles. The normalized spacial score (nSPS) is 20.8. The molecule has 1 heterocycles. The summed E-state index contributed by atoms with van der Waals surface area (Å²) in [5, 5.41) is 0. The monoisotopic (exact) mass is 286 g/mol. The SMILES string of the molecule is Cc1c(N)cccc1S(=O)(=O)NC1CCCSC1. The minimum absolute atomic E-state index is 0.0366. The smallest absolute Gasteiger partial charge is 0.241 e. The van der Waals surface area contributed by atoms with Crippen molar-refractivity contribution in [3.05, 3.63) is 23.8 Å². The van der Waals surface area contributed by atoms with E-state index < -0.39 is 10.0 Å². The topological polar surface area (TPSA) is 72.2 Å². The molecule has 6 heteroatoms. The number of sulfonamides is 1. The van der Waals surface area contributed by atoms with Gasteiger partial charge >= 0.3 is 0 Å². The van der Waals surface area contributed by atoms with Crippen molar-refractivity contribution in [3.63, 3.8) is 0 Å². The summed E-state index contributed by atoms with van der Waals surface area (Å²) in [5.41, 5.74) is 6.88. The van der Waals surface area contributed by atoms with E-state index in [4.69, 9.17) is 5.73 Å². The van der Waals surface area contributed by atoms with Crippen LogP contribution >= 0.6 is 11.8 Å². The fourth-order valence-corrected chi connectivity index (χ4v) is 4.76. The van der Waals surface area contributed by atoms with Crippen LogP contribution in [-0.4, -0.2) is 26.0 Å². The molecule has 0 amide bonds. The van der Waals surface area contributed by atoms with Crippen molar-refractivity contribution < 1.29 is 8.42 Å². The number of nitrogens with two attached hydrogens (primary N) is 1. The number of hydrogen-bond donors (Lipinski definition) is 2. The van der Waals surface area contributed by atoms with E-state index in [1.165, 1.54) is 0 Å². The summed E-state index contributed by atoms with van der Waals surface area (Å²) in [6, 6.07) is 5.02. The first kappa shape index (κ1) is 13.7. The first-order valence-electron chi connectivity index (χ1n) is 5.96. The van der Waals surface area contributed by atoms with Crippen LogP contribution in [0.15, 0.2) is 23.1 Å². The molecule has 3 N–H and O–H groups in total. The summed E-state index contributed by atoms with van der Waals surface area (Å²) < 4.78 is 27.4. The predicted octanol–water partition coefficient (Wildman–Crippen LogP) is 1.75. The van der Waals surface area contributed by atoms with E-state index in [2.05, 4.69) is 4.72 Å². The number of rotatable bonds is 3. The molecule has 0 radical (unpaired) electrons. The van der Waals surface area contributed by atoms with Crippen LogP contribution in [0.25, 0.3) is 0 Å². The molecule has 1 aliphatic heterocycles. The molecule has 1 aliphatic rings. The molecule has 1 fully saturated rings. The summed E-state index contributed by atoms with van der Waals surface area (Å²) in [5.74, 6) is 1.97. The quantitative estimate of drug-likeness (QED) is 0.830. The maximum atomic E-state index is 12.3. The molecule has 1 aromatic rings. The van der Waals surface area contributed by atoms with Gasteiger partial charge in [-0.15, -0.1) is 0 Å². The van der Waals surface area contributed by atoms with Gasteiger partial charge in [0.15, 0.2) is 0 Å². The maximum Gasteiger partial charge on any atom is 0.241 e. The number of benzene rings is 1. The Hall–Kier alpha value is -0.720. The van der Waals surface area contributed by atoms with Gasteiger partial charge in [0, 0.05) is 17.5 Å². The van der Waals surface area contributed by atoms with Crippen molar-refractivity contribution in [1.29, 1.82) is 0 Å². The van der Waals surface area contributed by atoms with E-state index >= 15 is 0 Å². The molecule has 2 rings (SSSR count). The Morgan fingerprint density at radius 1 is 1.44 bits per heavy atom. The molecule has 1 atom stereocenters. The Morgan fingerprint density at radius 2 is 2.22 bits per heavy atom. The number of thioether (sulfide) groups is 1. The molecule has 100 valence electrons. The van der Waals surface area contributed by atoms with E-state index in [0.717, 1.165) is 24.3 Å². The van der Waals surface area contributed by atoms with Crippen molar-refractivity contribution in [2.75, 3.05) is 17.2 Å². The highest BCUT2D eigenvalue weighted by atomic mass is 32.2.